The number of carbonyl (C=O) groups excluding carboxylic acids is 3. The minimum absolute atomic E-state index is 0.297. The van der Waals surface area contributed by atoms with Crippen molar-refractivity contribution in [3.05, 3.63) is 34.7 Å². The zero-order chi connectivity index (χ0) is 17.0. The number of anilines is 1. The summed E-state index contributed by atoms with van der Waals surface area (Å²) in [6, 6.07) is 6.88. The van der Waals surface area contributed by atoms with E-state index in [9.17, 15) is 14.4 Å². The van der Waals surface area contributed by atoms with Gasteiger partial charge in [0.05, 0.1) is 11.5 Å². The second-order valence-electron chi connectivity index (χ2n) is 5.09. The van der Waals surface area contributed by atoms with E-state index in [1.807, 2.05) is 6.92 Å². The fourth-order valence-corrected chi connectivity index (χ4v) is 2.82. The van der Waals surface area contributed by atoms with Crippen LogP contribution in [0.3, 0.4) is 0 Å². The second kappa shape index (κ2) is 7.32. The summed E-state index contributed by atoms with van der Waals surface area (Å²) in [4.78, 5) is 37.3. The highest BCUT2D eigenvalue weighted by molar-refractivity contribution is 8.18. The van der Waals surface area contributed by atoms with Gasteiger partial charge in [-0.3, -0.25) is 19.3 Å². The van der Waals surface area contributed by atoms with Crippen molar-refractivity contribution in [2.24, 2.45) is 0 Å². The topological polar surface area (TPSA) is 75.7 Å². The number of benzene rings is 1. The molecule has 0 bridgehead atoms. The summed E-state index contributed by atoms with van der Waals surface area (Å²) in [6.07, 6.45) is 0. The van der Waals surface area contributed by atoms with E-state index >= 15 is 0 Å². The number of thioether (sulfide) groups is 1. The van der Waals surface area contributed by atoms with Crippen LogP contribution in [0.4, 0.5) is 10.5 Å². The van der Waals surface area contributed by atoms with Crippen molar-refractivity contribution in [1.29, 1.82) is 0 Å². The lowest BCUT2D eigenvalue weighted by Crippen LogP contribution is -2.36. The van der Waals surface area contributed by atoms with E-state index in [1.165, 1.54) is 0 Å². The van der Waals surface area contributed by atoms with E-state index in [2.05, 4.69) is 5.32 Å². The Labute approximate surface area is 138 Å². The standard InChI is InChI=1S/C16H18N2O4S/c1-4-22-12-7-5-11(6-8-12)17-13(19)9-18-15(20)14(10(2)3)23-16(18)21/h5-8H,4,9H2,1-3H3,(H,17,19). The highest BCUT2D eigenvalue weighted by Crippen LogP contribution is 2.32. The Bertz CT molecular complexity index is 663. The van der Waals surface area contributed by atoms with Crippen molar-refractivity contribution in [1.82, 2.24) is 4.90 Å². The molecule has 7 heteroatoms. The first kappa shape index (κ1) is 17.1. The van der Waals surface area contributed by atoms with Crippen molar-refractivity contribution in [2.75, 3.05) is 18.5 Å². The maximum atomic E-state index is 12.1. The average Bonchev–Trinajstić information content (AvgIpc) is 2.78. The molecule has 0 radical (unpaired) electrons. The van der Waals surface area contributed by atoms with Gasteiger partial charge >= 0.3 is 0 Å². The Balaban J connectivity index is 1.98. The van der Waals surface area contributed by atoms with Gasteiger partial charge in [0.1, 0.15) is 12.3 Å². The van der Waals surface area contributed by atoms with Gasteiger partial charge in [0, 0.05) is 5.69 Å². The van der Waals surface area contributed by atoms with Crippen molar-refractivity contribution in [3.8, 4) is 5.75 Å². The number of imide groups is 1. The quantitative estimate of drug-likeness (QED) is 0.838. The van der Waals surface area contributed by atoms with Crippen LogP contribution in [0.1, 0.15) is 20.8 Å². The molecular weight excluding hydrogens is 316 g/mol. The number of rotatable bonds is 5. The summed E-state index contributed by atoms with van der Waals surface area (Å²) in [5.74, 6) is -0.131. The zero-order valence-corrected chi connectivity index (χ0v) is 14.0. The van der Waals surface area contributed by atoms with Crippen LogP contribution in [0.25, 0.3) is 0 Å². The first-order valence-corrected chi connectivity index (χ1v) is 7.98. The highest BCUT2D eigenvalue weighted by atomic mass is 32.2. The van der Waals surface area contributed by atoms with Crippen LogP contribution >= 0.6 is 11.8 Å². The molecule has 0 aromatic heterocycles. The summed E-state index contributed by atoms with van der Waals surface area (Å²) in [6.45, 7) is 5.68. The summed E-state index contributed by atoms with van der Waals surface area (Å²) in [7, 11) is 0. The number of carbonyl (C=O) groups is 3. The molecular formula is C16H18N2O4S. The van der Waals surface area contributed by atoms with Crippen molar-refractivity contribution >= 4 is 34.5 Å². The molecule has 1 heterocycles. The Kier molecular flexibility index (Phi) is 5.44. The van der Waals surface area contributed by atoms with Crippen LogP contribution in [0.2, 0.25) is 0 Å². The third kappa shape index (κ3) is 4.13. The summed E-state index contributed by atoms with van der Waals surface area (Å²) in [5.41, 5.74) is 1.34. The van der Waals surface area contributed by atoms with Crippen molar-refractivity contribution in [2.45, 2.75) is 20.8 Å². The molecule has 0 atom stereocenters. The van der Waals surface area contributed by atoms with Gasteiger partial charge in [-0.05, 0) is 56.8 Å². The molecule has 0 saturated carbocycles. The lowest BCUT2D eigenvalue weighted by atomic mass is 10.3. The predicted molar refractivity (Wildman–Crippen MR) is 89.3 cm³/mol. The van der Waals surface area contributed by atoms with Gasteiger partial charge in [0.15, 0.2) is 0 Å². The van der Waals surface area contributed by atoms with Crippen LogP contribution in [0, 0.1) is 0 Å². The fraction of sp³-hybridized carbons (Fsp3) is 0.312. The fourth-order valence-electron chi connectivity index (χ4n) is 1.99. The van der Waals surface area contributed by atoms with E-state index < -0.39 is 17.1 Å². The Morgan fingerprint density at radius 1 is 1.22 bits per heavy atom. The van der Waals surface area contributed by atoms with Gasteiger partial charge in [-0.2, -0.15) is 0 Å². The van der Waals surface area contributed by atoms with E-state index in [1.54, 1.807) is 38.1 Å². The summed E-state index contributed by atoms with van der Waals surface area (Å²) in [5, 5.41) is 2.23. The van der Waals surface area contributed by atoms with Crippen molar-refractivity contribution in [3.63, 3.8) is 0 Å². The third-order valence-electron chi connectivity index (χ3n) is 3.05. The molecule has 0 spiro atoms. The van der Waals surface area contributed by atoms with Crippen molar-refractivity contribution < 1.29 is 19.1 Å². The molecule has 1 aromatic rings. The molecule has 1 aliphatic heterocycles. The van der Waals surface area contributed by atoms with Gasteiger partial charge < -0.3 is 10.1 Å². The molecule has 1 N–H and O–H groups in total. The number of ether oxygens (including phenoxy) is 1. The summed E-state index contributed by atoms with van der Waals surface area (Å²) >= 11 is 0.866. The second-order valence-corrected chi connectivity index (χ2v) is 6.06. The number of amides is 3. The minimum Gasteiger partial charge on any atom is -0.494 e. The molecule has 23 heavy (non-hydrogen) atoms. The van der Waals surface area contributed by atoms with E-state index in [-0.39, 0.29) is 6.54 Å². The number of hydrogen-bond donors (Lipinski definition) is 1. The SMILES string of the molecule is CCOc1ccc(NC(=O)CN2C(=O)SC(=C(C)C)C2=O)cc1. The molecule has 3 amide bonds. The Morgan fingerprint density at radius 3 is 2.39 bits per heavy atom. The molecule has 1 fully saturated rings. The van der Waals surface area contributed by atoms with E-state index in [0.717, 1.165) is 22.2 Å². The number of nitrogens with zero attached hydrogens (tertiary/aromatic N) is 1. The molecule has 6 nitrogen and oxygen atoms in total. The first-order valence-electron chi connectivity index (χ1n) is 7.16. The molecule has 0 unspecified atom stereocenters. The van der Waals surface area contributed by atoms with Gasteiger partial charge in [0.25, 0.3) is 11.1 Å². The van der Waals surface area contributed by atoms with Crippen LogP contribution in [-0.2, 0) is 9.59 Å². The Hall–Kier alpha value is -2.28. The lowest BCUT2D eigenvalue weighted by molar-refractivity contribution is -0.127. The maximum Gasteiger partial charge on any atom is 0.294 e. The average molecular weight is 334 g/mol. The lowest BCUT2D eigenvalue weighted by Gasteiger charge is -2.13. The highest BCUT2D eigenvalue weighted by Gasteiger charge is 2.36. The van der Waals surface area contributed by atoms with E-state index in [4.69, 9.17) is 4.74 Å². The zero-order valence-electron chi connectivity index (χ0n) is 13.2. The predicted octanol–water partition coefficient (Wildman–Crippen LogP) is 3.01. The van der Waals surface area contributed by atoms with Gasteiger partial charge in [-0.15, -0.1) is 0 Å². The third-order valence-corrected chi connectivity index (χ3v) is 4.24. The Morgan fingerprint density at radius 2 is 1.87 bits per heavy atom. The summed E-state index contributed by atoms with van der Waals surface area (Å²) < 4.78 is 5.32. The van der Waals surface area contributed by atoms with Crippen LogP contribution in [0.15, 0.2) is 34.7 Å². The van der Waals surface area contributed by atoms with Gasteiger partial charge in [-0.1, -0.05) is 5.57 Å². The normalized spacial score (nSPS) is 14.2. The molecule has 1 aromatic carbocycles. The van der Waals surface area contributed by atoms with Crippen LogP contribution in [0.5, 0.6) is 5.75 Å². The van der Waals surface area contributed by atoms with Crippen LogP contribution in [-0.4, -0.2) is 35.1 Å². The van der Waals surface area contributed by atoms with Gasteiger partial charge in [0.2, 0.25) is 5.91 Å². The number of allylic oxidation sites excluding steroid dienone is 1. The molecule has 1 aliphatic rings. The van der Waals surface area contributed by atoms with Crippen LogP contribution < -0.4 is 10.1 Å². The minimum atomic E-state index is -0.425. The van der Waals surface area contributed by atoms with E-state index in [0.29, 0.717) is 22.9 Å². The largest absolute Gasteiger partial charge is 0.494 e. The first-order chi connectivity index (χ1) is 10.9. The molecule has 1 saturated heterocycles. The molecule has 2 rings (SSSR count). The number of hydrogen-bond acceptors (Lipinski definition) is 5. The molecule has 122 valence electrons. The van der Waals surface area contributed by atoms with Gasteiger partial charge in [-0.25, -0.2) is 0 Å². The number of nitrogens with one attached hydrogen (secondary N) is 1. The monoisotopic (exact) mass is 334 g/mol. The molecule has 0 aliphatic carbocycles. The maximum absolute atomic E-state index is 12.1. The smallest absolute Gasteiger partial charge is 0.294 e.